The van der Waals surface area contributed by atoms with Crippen LogP contribution in [0.15, 0.2) is 0 Å². The van der Waals surface area contributed by atoms with Gasteiger partial charge in [0.1, 0.15) is 19.3 Å². The van der Waals surface area contributed by atoms with Crippen LogP contribution in [-0.4, -0.2) is 96.7 Å². The molecule has 17 nitrogen and oxygen atoms in total. The second-order valence-electron chi connectivity index (χ2n) is 31.3. The van der Waals surface area contributed by atoms with E-state index in [4.69, 9.17) is 37.0 Å². The van der Waals surface area contributed by atoms with Crippen molar-refractivity contribution in [3.05, 3.63) is 0 Å². The number of aliphatic hydroxyl groups excluding tert-OH is 1. The maximum Gasteiger partial charge on any atom is 0.472 e. The number of aliphatic hydroxyl groups is 1. The molecule has 104 heavy (non-hydrogen) atoms. The van der Waals surface area contributed by atoms with Crippen molar-refractivity contribution >= 4 is 39.5 Å². The maximum atomic E-state index is 13.1. The topological polar surface area (TPSA) is 237 Å². The summed E-state index contributed by atoms with van der Waals surface area (Å²) < 4.78 is 68.6. The first-order valence-electron chi connectivity index (χ1n) is 44.0. The van der Waals surface area contributed by atoms with Crippen LogP contribution in [-0.2, 0) is 65.4 Å². The highest BCUT2D eigenvalue weighted by molar-refractivity contribution is 7.47. The van der Waals surface area contributed by atoms with E-state index in [1.54, 1.807) is 0 Å². The van der Waals surface area contributed by atoms with Gasteiger partial charge in [-0.3, -0.25) is 37.3 Å². The lowest BCUT2D eigenvalue weighted by Gasteiger charge is -2.21. The predicted molar refractivity (Wildman–Crippen MR) is 428 cm³/mol. The SMILES string of the molecule is CCCCCCCCCCCCCCCCCCCCCCC(=O)OC[C@H](COP(=O)(O)OC[C@@H](O)COP(=O)(O)OC[C@@H](COC(=O)CCCCCCC)OC(=O)CCCCCCCCCCCCCCCCC(C)CC)OC(=O)CCCCCCCCCCCCCCCCCCCCC(C)C. The summed E-state index contributed by atoms with van der Waals surface area (Å²) in [4.78, 5) is 72.9. The first-order chi connectivity index (χ1) is 50.4. The van der Waals surface area contributed by atoms with Crippen molar-refractivity contribution in [2.45, 2.75) is 471 Å². The Morgan fingerprint density at radius 3 is 0.731 bits per heavy atom. The third-order valence-electron chi connectivity index (χ3n) is 20.3. The molecule has 0 aliphatic carbocycles. The van der Waals surface area contributed by atoms with Crippen LogP contribution in [0.25, 0.3) is 0 Å². The van der Waals surface area contributed by atoms with Crippen molar-refractivity contribution in [1.29, 1.82) is 0 Å². The van der Waals surface area contributed by atoms with Gasteiger partial charge in [-0.1, -0.05) is 401 Å². The summed E-state index contributed by atoms with van der Waals surface area (Å²) in [7, 11) is -9.91. The molecule has 0 rings (SSSR count). The molecule has 19 heteroatoms. The third-order valence-corrected chi connectivity index (χ3v) is 22.2. The summed E-state index contributed by atoms with van der Waals surface area (Å²) in [5.41, 5.74) is 0. The van der Waals surface area contributed by atoms with E-state index in [9.17, 15) is 43.2 Å². The lowest BCUT2D eigenvalue weighted by atomic mass is 9.99. The number of carbonyl (C=O) groups is 4. The van der Waals surface area contributed by atoms with Gasteiger partial charge in [-0.15, -0.1) is 0 Å². The fourth-order valence-electron chi connectivity index (χ4n) is 13.2. The molecule has 618 valence electrons. The molecule has 0 bridgehead atoms. The molecule has 0 radical (unpaired) electrons. The van der Waals surface area contributed by atoms with Crippen LogP contribution >= 0.6 is 15.6 Å². The number of ether oxygens (including phenoxy) is 4. The van der Waals surface area contributed by atoms with Gasteiger partial charge in [0.15, 0.2) is 12.2 Å². The Labute approximate surface area is 638 Å². The monoisotopic (exact) mass is 1520 g/mol. The summed E-state index contributed by atoms with van der Waals surface area (Å²) in [6.45, 7) is 9.66. The van der Waals surface area contributed by atoms with Gasteiger partial charge in [-0.2, -0.15) is 0 Å². The summed E-state index contributed by atoms with van der Waals surface area (Å²) in [6, 6.07) is 0. The Bertz CT molecular complexity index is 2000. The van der Waals surface area contributed by atoms with Crippen molar-refractivity contribution in [1.82, 2.24) is 0 Å². The highest BCUT2D eigenvalue weighted by atomic mass is 31.2. The van der Waals surface area contributed by atoms with Gasteiger partial charge >= 0.3 is 39.5 Å². The van der Waals surface area contributed by atoms with E-state index in [-0.39, 0.29) is 25.7 Å². The van der Waals surface area contributed by atoms with Crippen molar-refractivity contribution in [3.63, 3.8) is 0 Å². The zero-order valence-corrected chi connectivity index (χ0v) is 70.1. The minimum Gasteiger partial charge on any atom is -0.462 e. The number of carbonyl (C=O) groups excluding carboxylic acids is 4. The second-order valence-corrected chi connectivity index (χ2v) is 34.2. The number of phosphoric ester groups is 2. The minimum atomic E-state index is -4.96. The van der Waals surface area contributed by atoms with Gasteiger partial charge in [-0.25, -0.2) is 9.13 Å². The molecule has 0 aliphatic rings. The summed E-state index contributed by atoms with van der Waals surface area (Å²) in [5.74, 6) is -0.449. The lowest BCUT2D eigenvalue weighted by molar-refractivity contribution is -0.161. The minimum absolute atomic E-state index is 0.107. The number of hydrogen-bond acceptors (Lipinski definition) is 15. The Morgan fingerprint density at radius 2 is 0.490 bits per heavy atom. The molecular weight excluding hydrogens is 1350 g/mol. The van der Waals surface area contributed by atoms with Gasteiger partial charge in [0, 0.05) is 25.7 Å². The molecule has 0 aromatic carbocycles. The number of rotatable bonds is 84. The Hall–Kier alpha value is -1.94. The molecule has 0 spiro atoms. The smallest absolute Gasteiger partial charge is 0.462 e. The van der Waals surface area contributed by atoms with Crippen LogP contribution in [0.2, 0.25) is 0 Å². The standard InChI is InChI=1S/C85H166O17P2/c1-7-10-12-14-15-16-17-18-19-20-21-22-26-29-35-40-45-50-56-62-68-83(88)96-74-81(102-85(90)70-64-57-51-46-41-36-30-27-24-23-25-28-33-38-43-48-54-59-65-77(4)5)76-100-104(93,94)98-72-79(86)71-97-103(91,92)99-75-80(73-95-82(87)67-61-53-13-11-8-2)101-84(89)69-63-58-52-47-42-37-32-31-34-39-44-49-55-60-66-78(6)9-3/h77-81,86H,7-76H2,1-6H3,(H,91,92)(H,93,94)/t78?,79-,80+,81+/m0/s1. The van der Waals surface area contributed by atoms with Crippen LogP contribution < -0.4 is 0 Å². The molecule has 0 aromatic heterocycles. The average molecular weight is 1520 g/mol. The zero-order chi connectivity index (χ0) is 76.4. The number of hydrogen-bond donors (Lipinski definition) is 3. The van der Waals surface area contributed by atoms with Gasteiger partial charge in [0.05, 0.1) is 26.4 Å². The van der Waals surface area contributed by atoms with E-state index >= 15 is 0 Å². The molecule has 0 saturated heterocycles. The second kappa shape index (κ2) is 76.4. The van der Waals surface area contributed by atoms with Crippen molar-refractivity contribution in [2.75, 3.05) is 39.6 Å². The fourth-order valence-corrected chi connectivity index (χ4v) is 14.8. The van der Waals surface area contributed by atoms with E-state index in [2.05, 4.69) is 41.5 Å². The largest absolute Gasteiger partial charge is 0.472 e. The molecule has 3 unspecified atom stereocenters. The molecule has 3 N–H and O–H groups in total. The van der Waals surface area contributed by atoms with Crippen LogP contribution in [0, 0.1) is 11.8 Å². The first-order valence-corrected chi connectivity index (χ1v) is 47.0. The molecule has 0 saturated carbocycles. The zero-order valence-electron chi connectivity index (χ0n) is 68.3. The molecular formula is C85H166O17P2. The van der Waals surface area contributed by atoms with Crippen LogP contribution in [0.1, 0.15) is 452 Å². The molecule has 0 fully saturated rings. The summed E-state index contributed by atoms with van der Waals surface area (Å²) in [5, 5.41) is 10.6. The van der Waals surface area contributed by atoms with Gasteiger partial charge in [0.2, 0.25) is 0 Å². The molecule has 0 aliphatic heterocycles. The van der Waals surface area contributed by atoms with Crippen LogP contribution in [0.4, 0.5) is 0 Å². The summed E-state index contributed by atoms with van der Waals surface area (Å²) >= 11 is 0. The molecule has 6 atom stereocenters. The van der Waals surface area contributed by atoms with Gasteiger partial charge < -0.3 is 33.8 Å². The van der Waals surface area contributed by atoms with Gasteiger partial charge in [0.25, 0.3) is 0 Å². The fraction of sp³-hybridized carbons (Fsp3) is 0.953. The normalized spacial score (nSPS) is 14.1. The van der Waals surface area contributed by atoms with Crippen molar-refractivity contribution in [3.8, 4) is 0 Å². The van der Waals surface area contributed by atoms with Crippen molar-refractivity contribution in [2.24, 2.45) is 11.8 Å². The highest BCUT2D eigenvalue weighted by Gasteiger charge is 2.30. The lowest BCUT2D eigenvalue weighted by Crippen LogP contribution is -2.30. The average Bonchev–Trinajstić information content (AvgIpc) is 0.906. The third kappa shape index (κ3) is 76.8. The van der Waals surface area contributed by atoms with E-state index in [0.29, 0.717) is 25.7 Å². The highest BCUT2D eigenvalue weighted by Crippen LogP contribution is 2.45. The van der Waals surface area contributed by atoms with E-state index in [1.165, 1.54) is 263 Å². The van der Waals surface area contributed by atoms with E-state index in [1.807, 2.05) is 0 Å². The number of phosphoric acid groups is 2. The predicted octanol–water partition coefficient (Wildman–Crippen LogP) is 25.8. The maximum absolute atomic E-state index is 13.1. The first kappa shape index (κ1) is 102. The quantitative estimate of drug-likeness (QED) is 0.0222. The summed E-state index contributed by atoms with van der Waals surface area (Å²) in [6.07, 6.45) is 68.5. The van der Waals surface area contributed by atoms with E-state index in [0.717, 1.165) is 108 Å². The Kier molecular flexibility index (Phi) is 75.0. The molecule has 0 amide bonds. The molecule has 0 aromatic rings. The van der Waals surface area contributed by atoms with Crippen LogP contribution in [0.3, 0.4) is 0 Å². The van der Waals surface area contributed by atoms with Gasteiger partial charge in [-0.05, 0) is 37.5 Å². The number of esters is 4. The number of unbranched alkanes of at least 4 members (excludes halogenated alkanes) is 53. The Morgan fingerprint density at radius 1 is 0.279 bits per heavy atom. The van der Waals surface area contributed by atoms with Crippen LogP contribution in [0.5, 0.6) is 0 Å². The molecule has 0 heterocycles. The van der Waals surface area contributed by atoms with Crippen molar-refractivity contribution < 1.29 is 80.2 Å². The van der Waals surface area contributed by atoms with E-state index < -0.39 is 97.5 Å². The Balaban J connectivity index is 5.10.